The fraction of sp³-hybridized carbons (Fsp3) is 0.929. The van der Waals surface area contributed by atoms with Crippen molar-refractivity contribution in [3.05, 3.63) is 0 Å². The van der Waals surface area contributed by atoms with E-state index in [1.54, 1.807) is 4.90 Å². The quantitative estimate of drug-likeness (QED) is 0.407. The standard InChI is InChI=1S/C14H24INO4/c1-14(2,3)20-13(17)16-8-11(15)12(9-16)19-7-6-18-10-4-5-10/h10-12H,4-9H2,1-3H3. The normalized spacial score (nSPS) is 26.9. The number of alkyl halides is 1. The predicted octanol–water partition coefficient (Wildman–Crippen LogP) is 2.60. The Morgan fingerprint density at radius 3 is 2.45 bits per heavy atom. The van der Waals surface area contributed by atoms with Crippen molar-refractivity contribution in [3.63, 3.8) is 0 Å². The van der Waals surface area contributed by atoms with Crippen LogP contribution in [0, 0.1) is 0 Å². The number of ether oxygens (including phenoxy) is 3. The highest BCUT2D eigenvalue weighted by atomic mass is 127. The number of halogens is 1. The molecule has 0 aromatic carbocycles. The van der Waals surface area contributed by atoms with Gasteiger partial charge in [0.1, 0.15) is 5.60 Å². The van der Waals surface area contributed by atoms with Crippen molar-refractivity contribution in [3.8, 4) is 0 Å². The van der Waals surface area contributed by atoms with Gasteiger partial charge < -0.3 is 19.1 Å². The van der Waals surface area contributed by atoms with Gasteiger partial charge >= 0.3 is 6.09 Å². The molecule has 2 atom stereocenters. The lowest BCUT2D eigenvalue weighted by Gasteiger charge is -2.24. The average Bonchev–Trinajstić information content (AvgIpc) is 3.06. The predicted molar refractivity (Wildman–Crippen MR) is 84.3 cm³/mol. The van der Waals surface area contributed by atoms with Crippen LogP contribution in [0.15, 0.2) is 0 Å². The van der Waals surface area contributed by atoms with Crippen LogP contribution < -0.4 is 0 Å². The van der Waals surface area contributed by atoms with E-state index in [9.17, 15) is 4.79 Å². The summed E-state index contributed by atoms with van der Waals surface area (Å²) in [6.45, 7) is 8.18. The van der Waals surface area contributed by atoms with E-state index in [0.29, 0.717) is 36.3 Å². The number of carbonyl (C=O) groups is 1. The maximum Gasteiger partial charge on any atom is 0.410 e. The van der Waals surface area contributed by atoms with Crippen LogP contribution in [0.25, 0.3) is 0 Å². The molecule has 116 valence electrons. The van der Waals surface area contributed by atoms with Gasteiger partial charge in [-0.25, -0.2) is 4.79 Å². The van der Waals surface area contributed by atoms with Crippen LogP contribution in [0.5, 0.6) is 0 Å². The van der Waals surface area contributed by atoms with Gasteiger partial charge in [0.2, 0.25) is 0 Å². The fourth-order valence-corrected chi connectivity index (χ4v) is 2.93. The van der Waals surface area contributed by atoms with Gasteiger partial charge in [0, 0.05) is 6.54 Å². The molecule has 0 radical (unpaired) electrons. The number of hydrogen-bond acceptors (Lipinski definition) is 4. The second-order valence-electron chi connectivity index (χ2n) is 6.38. The molecule has 0 spiro atoms. The van der Waals surface area contributed by atoms with Crippen LogP contribution in [0.4, 0.5) is 4.79 Å². The van der Waals surface area contributed by atoms with Gasteiger partial charge in [0.25, 0.3) is 0 Å². The van der Waals surface area contributed by atoms with E-state index in [1.165, 1.54) is 12.8 Å². The van der Waals surface area contributed by atoms with Crippen molar-refractivity contribution in [2.45, 2.75) is 55.3 Å². The van der Waals surface area contributed by atoms with Gasteiger partial charge in [-0.05, 0) is 33.6 Å². The minimum absolute atomic E-state index is 0.0749. The Kier molecular flexibility index (Phi) is 5.53. The lowest BCUT2D eigenvalue weighted by atomic mass is 10.2. The number of carbonyl (C=O) groups excluding carboxylic acids is 1. The number of amides is 1. The second-order valence-corrected chi connectivity index (χ2v) is 7.98. The SMILES string of the molecule is CC(C)(C)OC(=O)N1CC(I)C(OCCOC2CC2)C1. The Hall–Kier alpha value is -0.0800. The van der Waals surface area contributed by atoms with Gasteiger partial charge in [-0.15, -0.1) is 0 Å². The van der Waals surface area contributed by atoms with Crippen LogP contribution in [-0.2, 0) is 14.2 Å². The molecule has 1 aliphatic carbocycles. The molecule has 0 bridgehead atoms. The van der Waals surface area contributed by atoms with E-state index >= 15 is 0 Å². The zero-order valence-corrected chi connectivity index (χ0v) is 14.6. The third-order valence-corrected chi connectivity index (χ3v) is 4.34. The summed E-state index contributed by atoms with van der Waals surface area (Å²) in [7, 11) is 0. The topological polar surface area (TPSA) is 48.0 Å². The van der Waals surface area contributed by atoms with Crippen molar-refractivity contribution in [1.82, 2.24) is 4.90 Å². The minimum atomic E-state index is -0.450. The van der Waals surface area contributed by atoms with E-state index in [4.69, 9.17) is 14.2 Å². The third kappa shape index (κ3) is 5.37. The molecule has 0 N–H and O–H groups in total. The van der Waals surface area contributed by atoms with Crippen LogP contribution in [0.3, 0.4) is 0 Å². The average molecular weight is 397 g/mol. The lowest BCUT2D eigenvalue weighted by Crippen LogP contribution is -2.36. The Morgan fingerprint density at radius 1 is 1.20 bits per heavy atom. The largest absolute Gasteiger partial charge is 0.444 e. The van der Waals surface area contributed by atoms with Crippen LogP contribution >= 0.6 is 22.6 Å². The van der Waals surface area contributed by atoms with Crippen LogP contribution in [0.2, 0.25) is 0 Å². The van der Waals surface area contributed by atoms with Crippen molar-refractivity contribution in [1.29, 1.82) is 0 Å². The van der Waals surface area contributed by atoms with Gasteiger partial charge in [-0.1, -0.05) is 22.6 Å². The first-order valence-corrected chi connectivity index (χ1v) is 8.45. The zero-order valence-electron chi connectivity index (χ0n) is 12.4. The molecule has 2 fully saturated rings. The van der Waals surface area contributed by atoms with Gasteiger partial charge in [0.15, 0.2) is 0 Å². The summed E-state index contributed by atoms with van der Waals surface area (Å²) in [6, 6.07) is 0. The van der Waals surface area contributed by atoms with Gasteiger partial charge in [-0.2, -0.15) is 0 Å². The monoisotopic (exact) mass is 397 g/mol. The fourth-order valence-electron chi connectivity index (χ4n) is 2.02. The van der Waals surface area contributed by atoms with Gasteiger partial charge in [-0.3, -0.25) is 0 Å². The molecule has 1 saturated heterocycles. The second kappa shape index (κ2) is 6.79. The zero-order chi connectivity index (χ0) is 14.8. The summed E-state index contributed by atoms with van der Waals surface area (Å²) < 4.78 is 17.1. The highest BCUT2D eigenvalue weighted by Gasteiger charge is 2.36. The van der Waals surface area contributed by atoms with Gasteiger partial charge in [0.05, 0.1) is 35.9 Å². The van der Waals surface area contributed by atoms with E-state index in [2.05, 4.69) is 22.6 Å². The molecule has 1 heterocycles. The number of likely N-dealkylation sites (tertiary alicyclic amines) is 1. The molecular weight excluding hydrogens is 373 g/mol. The molecule has 1 saturated carbocycles. The summed E-state index contributed by atoms with van der Waals surface area (Å²) in [4.78, 5) is 13.7. The summed E-state index contributed by atoms with van der Waals surface area (Å²) in [5, 5.41) is 0. The Bertz CT molecular complexity index is 341. The van der Waals surface area contributed by atoms with E-state index in [-0.39, 0.29) is 12.2 Å². The lowest BCUT2D eigenvalue weighted by molar-refractivity contribution is 0.00116. The third-order valence-electron chi connectivity index (χ3n) is 3.14. The minimum Gasteiger partial charge on any atom is -0.444 e. The molecule has 0 aromatic rings. The summed E-state index contributed by atoms with van der Waals surface area (Å²) in [5.41, 5.74) is -0.450. The highest BCUT2D eigenvalue weighted by molar-refractivity contribution is 14.1. The number of nitrogens with zero attached hydrogens (tertiary/aromatic N) is 1. The van der Waals surface area contributed by atoms with Crippen molar-refractivity contribution in [2.24, 2.45) is 0 Å². The first-order chi connectivity index (χ1) is 9.35. The van der Waals surface area contributed by atoms with Crippen molar-refractivity contribution >= 4 is 28.7 Å². The molecule has 0 aromatic heterocycles. The molecule has 2 rings (SSSR count). The number of hydrogen-bond donors (Lipinski definition) is 0. The van der Waals surface area contributed by atoms with Crippen molar-refractivity contribution < 1.29 is 19.0 Å². The maximum absolute atomic E-state index is 12.0. The molecule has 20 heavy (non-hydrogen) atoms. The van der Waals surface area contributed by atoms with Crippen molar-refractivity contribution in [2.75, 3.05) is 26.3 Å². The number of rotatable bonds is 5. The summed E-state index contributed by atoms with van der Waals surface area (Å²) in [6.07, 6.45) is 2.66. The smallest absolute Gasteiger partial charge is 0.410 e. The highest BCUT2D eigenvalue weighted by Crippen LogP contribution is 2.24. The summed E-state index contributed by atoms with van der Waals surface area (Å²) in [5.74, 6) is 0. The van der Waals surface area contributed by atoms with Crippen LogP contribution in [0.1, 0.15) is 33.6 Å². The molecule has 2 unspecified atom stereocenters. The first kappa shape index (κ1) is 16.3. The Balaban J connectivity index is 1.68. The molecule has 6 heteroatoms. The molecule has 1 amide bonds. The molecule has 1 aliphatic heterocycles. The van der Waals surface area contributed by atoms with E-state index in [1.807, 2.05) is 20.8 Å². The maximum atomic E-state index is 12.0. The Morgan fingerprint density at radius 2 is 1.85 bits per heavy atom. The van der Waals surface area contributed by atoms with E-state index in [0.717, 1.165) is 0 Å². The molecule has 5 nitrogen and oxygen atoms in total. The Labute approximate surface area is 134 Å². The van der Waals surface area contributed by atoms with E-state index < -0.39 is 5.60 Å². The molecule has 2 aliphatic rings. The first-order valence-electron chi connectivity index (χ1n) is 7.20. The summed E-state index contributed by atoms with van der Waals surface area (Å²) >= 11 is 2.34. The molecular formula is C14H24INO4. The van der Waals surface area contributed by atoms with Crippen LogP contribution in [-0.4, -0.2) is 59.0 Å².